The van der Waals surface area contributed by atoms with Crippen LogP contribution in [0.2, 0.25) is 5.02 Å². The molecule has 0 aliphatic carbocycles. The van der Waals surface area contributed by atoms with Crippen molar-refractivity contribution >= 4 is 23.5 Å². The minimum Gasteiger partial charge on any atom is -0.481 e. The molecule has 1 aromatic heterocycles. The van der Waals surface area contributed by atoms with Gasteiger partial charge in [-0.15, -0.1) is 0 Å². The summed E-state index contributed by atoms with van der Waals surface area (Å²) in [4.78, 5) is 23.4. The molecule has 1 fully saturated rings. The molecule has 126 valence electrons. The predicted molar refractivity (Wildman–Crippen MR) is 84.8 cm³/mol. The monoisotopic (exact) mass is 350 g/mol. The van der Waals surface area contributed by atoms with Crippen molar-refractivity contribution in [2.75, 3.05) is 13.2 Å². The van der Waals surface area contributed by atoms with Crippen LogP contribution in [0.4, 0.5) is 0 Å². The Labute approximate surface area is 142 Å². The third kappa shape index (κ3) is 3.58. The molecule has 2 aromatic rings. The van der Waals surface area contributed by atoms with E-state index in [9.17, 15) is 9.59 Å². The number of hydrogen-bond acceptors (Lipinski definition) is 5. The fourth-order valence-electron chi connectivity index (χ4n) is 2.65. The Morgan fingerprint density at radius 2 is 2.21 bits per heavy atom. The molecule has 1 amide bonds. The second kappa shape index (κ2) is 6.62. The van der Waals surface area contributed by atoms with E-state index in [1.165, 1.54) is 6.07 Å². The van der Waals surface area contributed by atoms with Gasteiger partial charge in [-0.2, -0.15) is 0 Å². The Balaban J connectivity index is 1.77. The number of carboxylic acid groups (broad SMARTS) is 1. The molecule has 1 aromatic carbocycles. The Bertz CT molecular complexity index is 767. The molecule has 3 rings (SSSR count). The minimum absolute atomic E-state index is 0.00152. The van der Waals surface area contributed by atoms with Gasteiger partial charge in [0.2, 0.25) is 5.76 Å². The van der Waals surface area contributed by atoms with E-state index in [1.807, 2.05) is 0 Å². The number of halogens is 1. The second-order valence-corrected chi connectivity index (χ2v) is 6.13. The molecule has 8 heteroatoms. The zero-order chi connectivity index (χ0) is 17.2. The van der Waals surface area contributed by atoms with E-state index in [0.29, 0.717) is 23.7 Å². The fourth-order valence-corrected chi connectivity index (χ4v) is 2.84. The number of nitrogens with one attached hydrogen (secondary N) is 1. The summed E-state index contributed by atoms with van der Waals surface area (Å²) >= 11 is 5.94. The second-order valence-electron chi connectivity index (χ2n) is 5.69. The molecule has 1 saturated heterocycles. The molecule has 2 heterocycles. The number of aromatic nitrogens is 1. The van der Waals surface area contributed by atoms with Crippen molar-refractivity contribution in [3.8, 4) is 11.3 Å². The van der Waals surface area contributed by atoms with Crippen molar-refractivity contribution < 1.29 is 24.0 Å². The summed E-state index contributed by atoms with van der Waals surface area (Å²) in [5.74, 6) is -1.53. The Morgan fingerprint density at radius 1 is 1.38 bits per heavy atom. The molecular formula is C16H15ClN2O5. The molecule has 1 unspecified atom stereocenters. The molecule has 24 heavy (non-hydrogen) atoms. The van der Waals surface area contributed by atoms with Crippen LogP contribution in [0.3, 0.4) is 0 Å². The van der Waals surface area contributed by atoms with Crippen LogP contribution >= 0.6 is 11.6 Å². The largest absolute Gasteiger partial charge is 0.481 e. The van der Waals surface area contributed by atoms with Gasteiger partial charge in [-0.3, -0.25) is 9.59 Å². The van der Waals surface area contributed by atoms with Crippen molar-refractivity contribution in [3.05, 3.63) is 41.1 Å². The molecule has 0 saturated carbocycles. The smallest absolute Gasteiger partial charge is 0.305 e. The fraction of sp³-hybridized carbons (Fsp3) is 0.312. The highest BCUT2D eigenvalue weighted by atomic mass is 35.5. The molecule has 1 aliphatic rings. The van der Waals surface area contributed by atoms with Gasteiger partial charge in [0.15, 0.2) is 0 Å². The Hall–Kier alpha value is -2.38. The van der Waals surface area contributed by atoms with Crippen LogP contribution in [0.1, 0.15) is 23.4 Å². The lowest BCUT2D eigenvalue weighted by Crippen LogP contribution is -2.50. The minimum atomic E-state index is -1.00. The van der Waals surface area contributed by atoms with Crippen molar-refractivity contribution in [2.45, 2.75) is 18.4 Å². The first-order valence-electron chi connectivity index (χ1n) is 7.32. The van der Waals surface area contributed by atoms with E-state index in [0.717, 1.165) is 5.56 Å². The van der Waals surface area contributed by atoms with E-state index in [2.05, 4.69) is 10.5 Å². The van der Waals surface area contributed by atoms with E-state index in [4.69, 9.17) is 26.0 Å². The van der Waals surface area contributed by atoms with Gasteiger partial charge in [-0.1, -0.05) is 28.9 Å². The van der Waals surface area contributed by atoms with Gasteiger partial charge >= 0.3 is 5.97 Å². The highest BCUT2D eigenvalue weighted by Gasteiger charge is 2.39. The Kier molecular flexibility index (Phi) is 4.55. The van der Waals surface area contributed by atoms with Crippen molar-refractivity contribution in [1.29, 1.82) is 0 Å². The van der Waals surface area contributed by atoms with Gasteiger partial charge in [0, 0.05) is 23.3 Å². The third-order valence-electron chi connectivity index (χ3n) is 3.83. The lowest BCUT2D eigenvalue weighted by Gasteiger charge is -2.26. The molecule has 1 atom stereocenters. The van der Waals surface area contributed by atoms with Gasteiger partial charge in [0.25, 0.3) is 5.91 Å². The normalized spacial score (nSPS) is 20.0. The Morgan fingerprint density at radius 3 is 2.88 bits per heavy atom. The maximum absolute atomic E-state index is 12.4. The first-order chi connectivity index (χ1) is 11.5. The van der Waals surface area contributed by atoms with Gasteiger partial charge in [-0.25, -0.2) is 0 Å². The first kappa shape index (κ1) is 16.5. The van der Waals surface area contributed by atoms with Crippen LogP contribution in [0.25, 0.3) is 11.3 Å². The molecule has 1 aliphatic heterocycles. The molecule has 0 bridgehead atoms. The van der Waals surface area contributed by atoms with Crippen LogP contribution < -0.4 is 5.32 Å². The quantitative estimate of drug-likeness (QED) is 0.858. The molecule has 0 spiro atoms. The number of nitrogens with zero attached hydrogens (tertiary/aromatic N) is 1. The van der Waals surface area contributed by atoms with Gasteiger partial charge < -0.3 is 19.7 Å². The number of ether oxygens (including phenoxy) is 1. The van der Waals surface area contributed by atoms with E-state index in [1.54, 1.807) is 24.3 Å². The van der Waals surface area contributed by atoms with E-state index < -0.39 is 17.4 Å². The zero-order valence-electron chi connectivity index (χ0n) is 12.6. The van der Waals surface area contributed by atoms with Gasteiger partial charge in [0.1, 0.15) is 5.69 Å². The average molecular weight is 351 g/mol. The first-order valence-corrected chi connectivity index (χ1v) is 7.70. The summed E-state index contributed by atoms with van der Waals surface area (Å²) in [5, 5.41) is 16.2. The van der Waals surface area contributed by atoms with E-state index in [-0.39, 0.29) is 18.8 Å². The number of benzene rings is 1. The molecule has 2 N–H and O–H groups in total. The number of carbonyl (C=O) groups is 2. The average Bonchev–Trinajstić information content (AvgIpc) is 3.16. The summed E-state index contributed by atoms with van der Waals surface area (Å²) in [6.07, 6.45) is 0.217. The summed E-state index contributed by atoms with van der Waals surface area (Å²) in [6.45, 7) is 0.554. The van der Waals surface area contributed by atoms with Gasteiger partial charge in [-0.05, 0) is 18.6 Å². The molecule has 7 nitrogen and oxygen atoms in total. The maximum Gasteiger partial charge on any atom is 0.305 e. The van der Waals surface area contributed by atoms with Crippen LogP contribution in [0.5, 0.6) is 0 Å². The number of hydrogen-bond donors (Lipinski definition) is 2. The number of aliphatic carboxylic acids is 1. The van der Waals surface area contributed by atoms with Crippen LogP contribution in [0, 0.1) is 0 Å². The van der Waals surface area contributed by atoms with Crippen LogP contribution in [0.15, 0.2) is 34.9 Å². The summed E-state index contributed by atoms with van der Waals surface area (Å²) in [5.41, 5.74) is 0.263. The lowest BCUT2D eigenvalue weighted by molar-refractivity contribution is -0.138. The lowest BCUT2D eigenvalue weighted by atomic mass is 9.94. The number of carboxylic acids is 1. The van der Waals surface area contributed by atoms with Crippen LogP contribution in [-0.2, 0) is 9.53 Å². The van der Waals surface area contributed by atoms with Gasteiger partial charge in [0.05, 0.1) is 18.6 Å². The summed E-state index contributed by atoms with van der Waals surface area (Å²) < 4.78 is 10.3. The van der Waals surface area contributed by atoms with Crippen molar-refractivity contribution in [2.24, 2.45) is 0 Å². The highest BCUT2D eigenvalue weighted by molar-refractivity contribution is 6.30. The number of amides is 1. The molecule has 0 radical (unpaired) electrons. The highest BCUT2D eigenvalue weighted by Crippen LogP contribution is 2.25. The molecular weight excluding hydrogens is 336 g/mol. The third-order valence-corrected chi connectivity index (χ3v) is 4.06. The predicted octanol–water partition coefficient (Wildman–Crippen LogP) is 2.36. The van der Waals surface area contributed by atoms with Crippen molar-refractivity contribution in [3.63, 3.8) is 0 Å². The number of rotatable bonds is 5. The number of carbonyl (C=O) groups excluding carboxylic acids is 1. The zero-order valence-corrected chi connectivity index (χ0v) is 13.4. The van der Waals surface area contributed by atoms with Crippen LogP contribution in [-0.4, -0.2) is 40.9 Å². The topological polar surface area (TPSA) is 102 Å². The maximum atomic E-state index is 12.4. The van der Waals surface area contributed by atoms with Crippen molar-refractivity contribution in [1.82, 2.24) is 10.5 Å². The van der Waals surface area contributed by atoms with E-state index >= 15 is 0 Å². The standard InChI is InChI=1S/C16H15ClN2O5/c17-11-3-1-2-10(6-11)12-7-13(24-19-12)15(22)18-16(8-14(20)21)4-5-23-9-16/h1-3,6-7H,4-5,8-9H2,(H,18,22)(H,20,21). The summed E-state index contributed by atoms with van der Waals surface area (Å²) in [7, 11) is 0. The SMILES string of the molecule is O=C(O)CC1(NC(=O)c2cc(-c3cccc(Cl)c3)no2)CCOC1. The summed E-state index contributed by atoms with van der Waals surface area (Å²) in [6, 6.07) is 8.49.